The number of rotatable bonds is 4. The minimum Gasteiger partial charge on any atom is -0.278 e. The number of anilines is 2. The molecule has 1 aliphatic heterocycles. The lowest BCUT2D eigenvalue weighted by atomic mass is 10.3. The van der Waals surface area contributed by atoms with Crippen molar-refractivity contribution in [2.75, 3.05) is 14.8 Å². The predicted molar refractivity (Wildman–Crippen MR) is 97.3 cm³/mol. The summed E-state index contributed by atoms with van der Waals surface area (Å²) < 4.78 is 52.4. The molecular weight excluding hydrogens is 432 g/mol. The number of carbonyl (C=O) groups excluding carboxylic acids is 1. The molecule has 2 aromatic rings. The maximum atomic E-state index is 12.4. The van der Waals surface area contributed by atoms with Crippen LogP contribution in [0.1, 0.15) is 6.42 Å². The summed E-state index contributed by atoms with van der Waals surface area (Å²) in [6.45, 7) is 0. The van der Waals surface area contributed by atoms with Gasteiger partial charge in [0.15, 0.2) is 0 Å². The molecule has 0 unspecified atom stereocenters. The van der Waals surface area contributed by atoms with Gasteiger partial charge in [-0.2, -0.15) is 0 Å². The lowest BCUT2D eigenvalue weighted by molar-refractivity contribution is -0.116. The number of carbonyl (C=O) groups is 1. The van der Waals surface area contributed by atoms with Gasteiger partial charge in [0.2, 0.25) is 15.9 Å². The number of sulfonamides is 2. The first-order valence-corrected chi connectivity index (χ1v) is 11.0. The number of hydrogen-bond donors (Lipinski definition) is 1. The van der Waals surface area contributed by atoms with E-state index in [2.05, 4.69) is 20.7 Å². The summed E-state index contributed by atoms with van der Waals surface area (Å²) in [5, 5.41) is 0. The van der Waals surface area contributed by atoms with Crippen LogP contribution in [0.3, 0.4) is 0 Å². The summed E-state index contributed by atoms with van der Waals surface area (Å²) in [6.07, 6.45) is -0.0774. The molecule has 1 amide bonds. The van der Waals surface area contributed by atoms with Crippen molar-refractivity contribution in [3.63, 3.8) is 0 Å². The van der Waals surface area contributed by atoms with E-state index in [1.54, 1.807) is 24.3 Å². The first-order chi connectivity index (χ1) is 11.7. The Kier molecular flexibility index (Phi) is 4.60. The number of amides is 1. The van der Waals surface area contributed by atoms with Gasteiger partial charge in [0.1, 0.15) is 0 Å². The zero-order valence-corrected chi connectivity index (χ0v) is 15.9. The van der Waals surface area contributed by atoms with Crippen LogP contribution in [-0.2, 0) is 24.8 Å². The SMILES string of the molecule is O=C1CCS(=O)(=O)N1c1ccc(S(=O)(=O)Nc2ccccc2Br)cc1. The summed E-state index contributed by atoms with van der Waals surface area (Å²) in [6, 6.07) is 11.9. The third-order valence-corrected chi connectivity index (χ3v) is 7.34. The van der Waals surface area contributed by atoms with E-state index in [-0.39, 0.29) is 22.8 Å². The zero-order chi connectivity index (χ0) is 18.2. The summed E-state index contributed by atoms with van der Waals surface area (Å²) in [5.74, 6) is -0.767. The molecule has 2 aromatic carbocycles. The predicted octanol–water partition coefficient (Wildman–Crippen LogP) is 2.32. The first kappa shape index (κ1) is 17.9. The Morgan fingerprint density at radius 2 is 1.68 bits per heavy atom. The van der Waals surface area contributed by atoms with Gasteiger partial charge in [-0.05, 0) is 52.3 Å². The van der Waals surface area contributed by atoms with Gasteiger partial charge in [-0.15, -0.1) is 0 Å². The Labute approximate surface area is 153 Å². The van der Waals surface area contributed by atoms with E-state index in [0.717, 1.165) is 0 Å². The van der Waals surface area contributed by atoms with Crippen molar-refractivity contribution in [3.05, 3.63) is 53.0 Å². The molecule has 3 rings (SSSR count). The normalized spacial score (nSPS) is 16.8. The Bertz CT molecular complexity index is 1030. The molecular formula is C15H13BrN2O5S2. The second kappa shape index (κ2) is 6.43. The highest BCUT2D eigenvalue weighted by Crippen LogP contribution is 2.28. The van der Waals surface area contributed by atoms with Crippen LogP contribution in [0.5, 0.6) is 0 Å². The first-order valence-electron chi connectivity index (χ1n) is 7.14. The number of hydrogen-bond acceptors (Lipinski definition) is 5. The van der Waals surface area contributed by atoms with Crippen molar-refractivity contribution in [2.45, 2.75) is 11.3 Å². The second-order valence-electron chi connectivity index (χ2n) is 5.30. The van der Waals surface area contributed by atoms with Crippen molar-refractivity contribution >= 4 is 53.3 Å². The van der Waals surface area contributed by atoms with Gasteiger partial charge in [-0.1, -0.05) is 12.1 Å². The number of benzene rings is 2. The van der Waals surface area contributed by atoms with Crippen LogP contribution in [-0.4, -0.2) is 28.5 Å². The average molecular weight is 445 g/mol. The van der Waals surface area contributed by atoms with Crippen LogP contribution < -0.4 is 9.03 Å². The maximum absolute atomic E-state index is 12.4. The molecule has 0 spiro atoms. The van der Waals surface area contributed by atoms with Crippen LogP contribution in [0.4, 0.5) is 11.4 Å². The highest BCUT2D eigenvalue weighted by atomic mass is 79.9. The number of para-hydroxylation sites is 1. The topological polar surface area (TPSA) is 101 Å². The fourth-order valence-corrected chi connectivity index (χ4v) is 5.43. The van der Waals surface area contributed by atoms with E-state index < -0.39 is 26.0 Å². The van der Waals surface area contributed by atoms with Gasteiger partial charge in [-0.25, -0.2) is 21.1 Å². The molecule has 0 radical (unpaired) electrons. The van der Waals surface area contributed by atoms with Gasteiger partial charge in [0.05, 0.1) is 22.0 Å². The van der Waals surface area contributed by atoms with E-state index in [4.69, 9.17) is 0 Å². The molecule has 25 heavy (non-hydrogen) atoms. The lowest BCUT2D eigenvalue weighted by Crippen LogP contribution is -2.29. The highest BCUT2D eigenvalue weighted by Gasteiger charge is 2.36. The molecule has 0 bridgehead atoms. The van der Waals surface area contributed by atoms with Crippen molar-refractivity contribution in [1.29, 1.82) is 0 Å². The van der Waals surface area contributed by atoms with E-state index >= 15 is 0 Å². The van der Waals surface area contributed by atoms with Gasteiger partial charge in [-0.3, -0.25) is 9.52 Å². The zero-order valence-electron chi connectivity index (χ0n) is 12.7. The van der Waals surface area contributed by atoms with Gasteiger partial charge < -0.3 is 0 Å². The summed E-state index contributed by atoms with van der Waals surface area (Å²) in [4.78, 5) is 11.7. The van der Waals surface area contributed by atoms with Gasteiger partial charge in [0, 0.05) is 10.9 Å². The van der Waals surface area contributed by atoms with Crippen molar-refractivity contribution in [2.24, 2.45) is 0 Å². The maximum Gasteiger partial charge on any atom is 0.261 e. The number of halogens is 1. The van der Waals surface area contributed by atoms with Crippen LogP contribution in [0.25, 0.3) is 0 Å². The Hall–Kier alpha value is -1.91. The molecule has 0 atom stereocenters. The molecule has 1 fully saturated rings. The fraction of sp³-hybridized carbons (Fsp3) is 0.133. The van der Waals surface area contributed by atoms with Crippen molar-refractivity contribution in [3.8, 4) is 0 Å². The standard InChI is InChI=1S/C15H13BrN2O5S2/c16-13-3-1-2-4-14(13)17-25(22,23)12-7-5-11(6-8-12)18-15(19)9-10-24(18,20)21/h1-8,17H,9-10H2. The van der Waals surface area contributed by atoms with E-state index in [9.17, 15) is 21.6 Å². The van der Waals surface area contributed by atoms with Crippen molar-refractivity contribution in [1.82, 2.24) is 0 Å². The summed E-state index contributed by atoms with van der Waals surface area (Å²) in [7, 11) is -7.53. The molecule has 1 N–H and O–H groups in total. The molecule has 1 aliphatic rings. The third kappa shape index (κ3) is 3.55. The van der Waals surface area contributed by atoms with Gasteiger partial charge in [0.25, 0.3) is 10.0 Å². The van der Waals surface area contributed by atoms with Crippen LogP contribution in [0, 0.1) is 0 Å². The molecule has 132 valence electrons. The van der Waals surface area contributed by atoms with Gasteiger partial charge >= 0.3 is 0 Å². The molecule has 1 heterocycles. The molecule has 0 aromatic heterocycles. The fourth-order valence-electron chi connectivity index (χ4n) is 2.38. The number of nitrogens with zero attached hydrogens (tertiary/aromatic N) is 1. The summed E-state index contributed by atoms with van der Waals surface area (Å²) in [5.41, 5.74) is 0.506. The number of nitrogens with one attached hydrogen (secondary N) is 1. The van der Waals surface area contributed by atoms with Crippen LogP contribution >= 0.6 is 15.9 Å². The van der Waals surface area contributed by atoms with E-state index in [1.807, 2.05) is 0 Å². The Morgan fingerprint density at radius 3 is 2.24 bits per heavy atom. The summed E-state index contributed by atoms with van der Waals surface area (Å²) >= 11 is 3.26. The quantitative estimate of drug-likeness (QED) is 0.779. The lowest BCUT2D eigenvalue weighted by Gasteiger charge is -2.15. The second-order valence-corrected chi connectivity index (χ2v) is 9.78. The molecule has 0 saturated carbocycles. The van der Waals surface area contributed by atoms with E-state index in [0.29, 0.717) is 14.5 Å². The van der Waals surface area contributed by atoms with Crippen LogP contribution in [0.15, 0.2) is 57.9 Å². The third-order valence-electron chi connectivity index (χ3n) is 3.58. The smallest absolute Gasteiger partial charge is 0.261 e. The molecule has 1 saturated heterocycles. The van der Waals surface area contributed by atoms with Crippen molar-refractivity contribution < 1.29 is 21.6 Å². The largest absolute Gasteiger partial charge is 0.278 e. The highest BCUT2D eigenvalue weighted by molar-refractivity contribution is 9.10. The Balaban J connectivity index is 1.90. The van der Waals surface area contributed by atoms with Crippen LogP contribution in [0.2, 0.25) is 0 Å². The van der Waals surface area contributed by atoms with E-state index in [1.165, 1.54) is 24.3 Å². The minimum absolute atomic E-state index is 0.0453. The average Bonchev–Trinajstić information content (AvgIpc) is 2.83. The Morgan fingerprint density at radius 1 is 1.04 bits per heavy atom. The monoisotopic (exact) mass is 444 g/mol. The molecule has 7 nitrogen and oxygen atoms in total. The minimum atomic E-state index is -3.85. The molecule has 10 heteroatoms. The molecule has 0 aliphatic carbocycles.